The molecule has 6 nitrogen and oxygen atoms in total. The monoisotopic (exact) mass is 402 g/mol. The smallest absolute Gasteiger partial charge is 0.262 e. The molecule has 3 aromatic rings. The summed E-state index contributed by atoms with van der Waals surface area (Å²) in [7, 11) is -7.26. The molecule has 1 atom stereocenters. The number of rotatable bonds is 4. The predicted octanol–water partition coefficient (Wildman–Crippen LogP) is 2.62. The molecule has 0 radical (unpaired) electrons. The highest BCUT2D eigenvalue weighted by atomic mass is 32.2. The number of aromatic nitrogens is 1. The molecule has 8 heteroatoms. The lowest BCUT2D eigenvalue weighted by Gasteiger charge is -2.29. The molecule has 0 spiro atoms. The Bertz CT molecular complexity index is 1190. The van der Waals surface area contributed by atoms with Crippen LogP contribution in [0.2, 0.25) is 0 Å². The van der Waals surface area contributed by atoms with E-state index in [0.717, 1.165) is 0 Å². The minimum Gasteiger partial charge on any atom is -0.262 e. The van der Waals surface area contributed by atoms with Crippen LogP contribution < -0.4 is 4.31 Å². The fourth-order valence-corrected chi connectivity index (χ4v) is 7.11. The summed E-state index contributed by atoms with van der Waals surface area (Å²) in [4.78, 5) is 4.33. The molecule has 0 bridgehead atoms. The van der Waals surface area contributed by atoms with E-state index in [9.17, 15) is 16.8 Å². The molecule has 0 amide bonds. The van der Waals surface area contributed by atoms with Crippen molar-refractivity contribution in [3.05, 3.63) is 66.9 Å². The molecular weight excluding hydrogens is 384 g/mol. The number of nitrogens with zero attached hydrogens (tertiary/aromatic N) is 2. The summed E-state index contributed by atoms with van der Waals surface area (Å²) in [5, 5.41) is 0.714. The first-order valence-electron chi connectivity index (χ1n) is 8.52. The van der Waals surface area contributed by atoms with Gasteiger partial charge in [0.1, 0.15) is 4.90 Å². The molecule has 1 aliphatic rings. The number of para-hydroxylation sites is 2. The lowest BCUT2D eigenvalue weighted by atomic mass is 10.2. The molecule has 1 aliphatic heterocycles. The van der Waals surface area contributed by atoms with E-state index in [1.165, 1.54) is 10.4 Å². The Morgan fingerprint density at radius 3 is 2.41 bits per heavy atom. The van der Waals surface area contributed by atoms with Crippen LogP contribution in [0.15, 0.2) is 71.8 Å². The lowest BCUT2D eigenvalue weighted by Crippen LogP contribution is -2.41. The van der Waals surface area contributed by atoms with Gasteiger partial charge in [0.2, 0.25) is 0 Å². The highest BCUT2D eigenvalue weighted by Gasteiger charge is 2.39. The third-order valence-corrected chi connectivity index (χ3v) is 8.35. The predicted molar refractivity (Wildman–Crippen MR) is 105 cm³/mol. The fraction of sp³-hybridized carbons (Fsp3) is 0.211. The first-order chi connectivity index (χ1) is 12.9. The van der Waals surface area contributed by atoms with E-state index < -0.39 is 25.9 Å². The average molecular weight is 402 g/mol. The highest BCUT2D eigenvalue weighted by Crippen LogP contribution is 2.32. The summed E-state index contributed by atoms with van der Waals surface area (Å²) in [5.74, 6) is -0.191. The first kappa shape index (κ1) is 17.9. The Kier molecular flexibility index (Phi) is 4.39. The van der Waals surface area contributed by atoms with Gasteiger partial charge in [-0.1, -0.05) is 36.4 Å². The van der Waals surface area contributed by atoms with Crippen LogP contribution in [0.25, 0.3) is 10.9 Å². The maximum absolute atomic E-state index is 13.6. The second kappa shape index (κ2) is 6.61. The number of benzene rings is 2. The number of pyridine rings is 1. The average Bonchev–Trinajstić information content (AvgIpc) is 3.01. The fourth-order valence-electron chi connectivity index (χ4n) is 3.47. The molecule has 27 heavy (non-hydrogen) atoms. The zero-order valence-electron chi connectivity index (χ0n) is 14.4. The molecule has 140 valence electrons. The van der Waals surface area contributed by atoms with Crippen LogP contribution in [0.5, 0.6) is 0 Å². The molecule has 0 saturated carbocycles. The van der Waals surface area contributed by atoms with Crippen LogP contribution in [-0.2, 0) is 19.9 Å². The Balaban J connectivity index is 1.91. The van der Waals surface area contributed by atoms with Crippen molar-refractivity contribution in [3.8, 4) is 0 Å². The molecular formula is C19H18N2O4S2. The van der Waals surface area contributed by atoms with Crippen molar-refractivity contribution in [1.82, 2.24) is 4.98 Å². The number of hydrogen-bond acceptors (Lipinski definition) is 5. The van der Waals surface area contributed by atoms with Crippen molar-refractivity contribution in [2.45, 2.75) is 17.4 Å². The minimum absolute atomic E-state index is 0.00962. The molecule has 1 saturated heterocycles. The summed E-state index contributed by atoms with van der Waals surface area (Å²) in [5.41, 5.74) is 0.828. The summed E-state index contributed by atoms with van der Waals surface area (Å²) in [6.07, 6.45) is 1.82. The van der Waals surface area contributed by atoms with Crippen molar-refractivity contribution in [1.29, 1.82) is 0 Å². The third kappa shape index (κ3) is 3.30. The van der Waals surface area contributed by atoms with Crippen LogP contribution in [0, 0.1) is 0 Å². The summed E-state index contributed by atoms with van der Waals surface area (Å²) >= 11 is 0. The number of hydrogen-bond donors (Lipinski definition) is 0. The van der Waals surface area contributed by atoms with Crippen molar-refractivity contribution in [3.63, 3.8) is 0 Å². The van der Waals surface area contributed by atoms with Crippen molar-refractivity contribution < 1.29 is 16.8 Å². The molecule has 2 aromatic carbocycles. The molecule has 0 unspecified atom stereocenters. The normalized spacial score (nSPS) is 19.2. The SMILES string of the molecule is O=S1(=O)CC[C@H](N(c2ccccc2)S(=O)(=O)c2cccc3cccnc23)C1. The standard InChI is InChI=1S/C19H18N2O4S2/c22-26(23)13-11-17(14-26)21(16-8-2-1-3-9-16)27(24,25)18-10-4-6-15-7-5-12-20-19(15)18/h1-10,12,17H,11,13-14H2/t17-/m0/s1. The quantitative estimate of drug-likeness (QED) is 0.670. The molecule has 1 fully saturated rings. The maximum atomic E-state index is 13.6. The number of sulfonamides is 1. The summed E-state index contributed by atoms with van der Waals surface area (Å²) < 4.78 is 52.6. The van der Waals surface area contributed by atoms with Gasteiger partial charge in [-0.25, -0.2) is 16.8 Å². The second-order valence-corrected chi connectivity index (χ2v) is 10.5. The van der Waals surface area contributed by atoms with Gasteiger partial charge in [0.15, 0.2) is 9.84 Å². The summed E-state index contributed by atoms with van der Waals surface area (Å²) in [6, 6.07) is 16.5. The Labute approximate surface area is 158 Å². The van der Waals surface area contributed by atoms with E-state index in [1.54, 1.807) is 60.8 Å². The largest absolute Gasteiger partial charge is 0.266 e. The number of sulfone groups is 1. The maximum Gasteiger partial charge on any atom is 0.266 e. The zero-order valence-corrected chi connectivity index (χ0v) is 16.0. The highest BCUT2D eigenvalue weighted by molar-refractivity contribution is 7.93. The molecule has 0 aliphatic carbocycles. The van der Waals surface area contributed by atoms with Gasteiger partial charge in [-0.2, -0.15) is 0 Å². The van der Waals surface area contributed by atoms with Crippen molar-refractivity contribution in [2.24, 2.45) is 0 Å². The third-order valence-electron chi connectivity index (χ3n) is 4.68. The van der Waals surface area contributed by atoms with Crippen LogP contribution in [0.3, 0.4) is 0 Å². The van der Waals surface area contributed by atoms with Crippen LogP contribution in [-0.4, -0.2) is 39.4 Å². The zero-order chi connectivity index (χ0) is 19.1. The van der Waals surface area contributed by atoms with Gasteiger partial charge in [0.25, 0.3) is 10.0 Å². The Morgan fingerprint density at radius 2 is 1.70 bits per heavy atom. The van der Waals surface area contributed by atoms with Gasteiger partial charge < -0.3 is 0 Å². The minimum atomic E-state index is -4.01. The van der Waals surface area contributed by atoms with Crippen LogP contribution in [0.4, 0.5) is 5.69 Å². The van der Waals surface area contributed by atoms with Gasteiger partial charge in [-0.15, -0.1) is 0 Å². The molecule has 1 aromatic heterocycles. The van der Waals surface area contributed by atoms with Crippen molar-refractivity contribution >= 4 is 36.5 Å². The van der Waals surface area contributed by atoms with E-state index in [4.69, 9.17) is 0 Å². The van der Waals surface area contributed by atoms with Gasteiger partial charge in [-0.05, 0) is 30.7 Å². The van der Waals surface area contributed by atoms with Gasteiger partial charge >= 0.3 is 0 Å². The molecule has 2 heterocycles. The Morgan fingerprint density at radius 1 is 0.963 bits per heavy atom. The first-order valence-corrected chi connectivity index (χ1v) is 11.8. The van der Waals surface area contributed by atoms with Crippen LogP contribution in [0.1, 0.15) is 6.42 Å². The van der Waals surface area contributed by atoms with Gasteiger partial charge in [-0.3, -0.25) is 9.29 Å². The van der Waals surface area contributed by atoms with E-state index in [1.807, 2.05) is 0 Å². The van der Waals surface area contributed by atoms with Crippen LogP contribution >= 0.6 is 0 Å². The summed E-state index contributed by atoms with van der Waals surface area (Å²) in [6.45, 7) is 0. The second-order valence-electron chi connectivity index (χ2n) is 6.52. The van der Waals surface area contributed by atoms with Gasteiger partial charge in [0.05, 0.1) is 28.8 Å². The molecule has 0 N–H and O–H groups in total. The van der Waals surface area contributed by atoms with E-state index >= 15 is 0 Å². The van der Waals surface area contributed by atoms with Crippen molar-refractivity contribution in [2.75, 3.05) is 15.8 Å². The number of fused-ring (bicyclic) bond motifs is 1. The Hall–Kier alpha value is -2.45. The topological polar surface area (TPSA) is 84.4 Å². The van der Waals surface area contributed by atoms with Gasteiger partial charge in [0, 0.05) is 11.6 Å². The lowest BCUT2D eigenvalue weighted by molar-refractivity contribution is 0.581. The van der Waals surface area contributed by atoms with E-state index in [-0.39, 0.29) is 22.8 Å². The molecule has 4 rings (SSSR count). The van der Waals surface area contributed by atoms with E-state index in [2.05, 4.69) is 4.98 Å². The van der Waals surface area contributed by atoms with E-state index in [0.29, 0.717) is 16.6 Å². The number of anilines is 1.